The molecule has 0 saturated heterocycles. The molecule has 0 bridgehead atoms. The molecule has 0 spiro atoms. The lowest BCUT2D eigenvalue weighted by atomic mass is 10.0. The molecule has 0 radical (unpaired) electrons. The van der Waals surface area contributed by atoms with Crippen molar-refractivity contribution >= 4 is 17.9 Å². The van der Waals surface area contributed by atoms with E-state index in [9.17, 15) is 14.4 Å². The Bertz CT molecular complexity index is 1120. The minimum atomic E-state index is -0.760. The van der Waals surface area contributed by atoms with E-state index in [0.717, 1.165) is 64.2 Å². The van der Waals surface area contributed by atoms with Gasteiger partial charge in [-0.05, 0) is 19.3 Å². The molecule has 75 heavy (non-hydrogen) atoms. The summed E-state index contributed by atoms with van der Waals surface area (Å²) in [5, 5.41) is 0. The number of hydrogen-bond acceptors (Lipinski definition) is 6. The molecule has 446 valence electrons. The second kappa shape index (κ2) is 64.9. The normalized spacial score (nSPS) is 11.9. The van der Waals surface area contributed by atoms with Gasteiger partial charge in [-0.15, -0.1) is 0 Å². The summed E-state index contributed by atoms with van der Waals surface area (Å²) in [6.07, 6.45) is 76.3. The van der Waals surface area contributed by atoms with Crippen LogP contribution in [0.25, 0.3) is 0 Å². The van der Waals surface area contributed by atoms with Crippen molar-refractivity contribution in [2.45, 2.75) is 412 Å². The lowest BCUT2D eigenvalue weighted by Crippen LogP contribution is -2.30. The molecule has 6 heteroatoms. The smallest absolute Gasteiger partial charge is 0.306 e. The molecule has 0 fully saturated rings. The zero-order chi connectivity index (χ0) is 54.3. The van der Waals surface area contributed by atoms with Gasteiger partial charge in [0, 0.05) is 19.3 Å². The molecule has 0 N–H and O–H groups in total. The van der Waals surface area contributed by atoms with Gasteiger partial charge in [0.2, 0.25) is 0 Å². The van der Waals surface area contributed by atoms with E-state index in [4.69, 9.17) is 14.2 Å². The summed E-state index contributed by atoms with van der Waals surface area (Å²) in [6, 6.07) is 0. The molecule has 0 rings (SSSR count). The Morgan fingerprint density at radius 2 is 0.360 bits per heavy atom. The van der Waals surface area contributed by atoms with Gasteiger partial charge in [0.25, 0.3) is 0 Å². The van der Waals surface area contributed by atoms with Gasteiger partial charge in [-0.2, -0.15) is 0 Å². The highest BCUT2D eigenvalue weighted by Crippen LogP contribution is 2.19. The Labute approximate surface area is 469 Å². The van der Waals surface area contributed by atoms with Crippen molar-refractivity contribution in [3.8, 4) is 0 Å². The first-order chi connectivity index (χ1) is 37.0. The fourth-order valence-corrected chi connectivity index (χ4v) is 10.9. The van der Waals surface area contributed by atoms with E-state index in [1.54, 1.807) is 0 Å². The lowest BCUT2D eigenvalue weighted by Gasteiger charge is -2.18. The minimum Gasteiger partial charge on any atom is -0.462 e. The van der Waals surface area contributed by atoms with Crippen LogP contribution < -0.4 is 0 Å². The lowest BCUT2D eigenvalue weighted by molar-refractivity contribution is -0.167. The van der Waals surface area contributed by atoms with Crippen LogP contribution in [0, 0.1) is 0 Å². The van der Waals surface area contributed by atoms with Crippen molar-refractivity contribution in [3.05, 3.63) is 0 Å². The first kappa shape index (κ1) is 73.4. The second-order valence-electron chi connectivity index (χ2n) is 23.8. The SMILES string of the molecule is CCCCCCCCCCCCCCCCCCCCCCCCCCCCCCCCCCCC(=O)OCC(COC(=O)CCCCCCC)OC(=O)CCCCCCCCCCCCCCCCCCCCC. The van der Waals surface area contributed by atoms with Crippen molar-refractivity contribution in [1.29, 1.82) is 0 Å². The number of hydrogen-bond donors (Lipinski definition) is 0. The molecule has 0 aromatic heterocycles. The number of carbonyl (C=O) groups excluding carboxylic acids is 3. The van der Waals surface area contributed by atoms with E-state index < -0.39 is 6.10 Å². The van der Waals surface area contributed by atoms with Gasteiger partial charge in [0.05, 0.1) is 0 Å². The van der Waals surface area contributed by atoms with Crippen LogP contribution >= 0.6 is 0 Å². The van der Waals surface area contributed by atoms with Crippen LogP contribution in [0.2, 0.25) is 0 Å². The molecule has 1 unspecified atom stereocenters. The van der Waals surface area contributed by atoms with Gasteiger partial charge in [-0.1, -0.05) is 367 Å². The maximum Gasteiger partial charge on any atom is 0.306 e. The fraction of sp³-hybridized carbons (Fsp3) is 0.957. The number of unbranched alkanes of at least 4 members (excludes halogenated alkanes) is 54. The van der Waals surface area contributed by atoms with Crippen LogP contribution in [-0.2, 0) is 28.6 Å². The second-order valence-corrected chi connectivity index (χ2v) is 23.8. The van der Waals surface area contributed by atoms with Crippen LogP contribution in [0.1, 0.15) is 406 Å². The largest absolute Gasteiger partial charge is 0.462 e. The van der Waals surface area contributed by atoms with Gasteiger partial charge < -0.3 is 14.2 Å². The van der Waals surface area contributed by atoms with Gasteiger partial charge >= 0.3 is 17.9 Å². The summed E-state index contributed by atoms with van der Waals surface area (Å²) in [7, 11) is 0. The monoisotopic (exact) mass is 1060 g/mol. The summed E-state index contributed by atoms with van der Waals surface area (Å²) in [5.74, 6) is -0.845. The molecule has 0 heterocycles. The van der Waals surface area contributed by atoms with E-state index in [0.29, 0.717) is 19.3 Å². The van der Waals surface area contributed by atoms with Crippen LogP contribution in [0.5, 0.6) is 0 Å². The van der Waals surface area contributed by atoms with Crippen molar-refractivity contribution in [2.75, 3.05) is 13.2 Å². The van der Waals surface area contributed by atoms with Crippen molar-refractivity contribution < 1.29 is 28.6 Å². The number of rotatable bonds is 65. The highest BCUT2D eigenvalue weighted by Gasteiger charge is 2.19. The molecule has 6 nitrogen and oxygen atoms in total. The summed E-state index contributed by atoms with van der Waals surface area (Å²) < 4.78 is 16.8. The molecular formula is C69H134O6. The predicted molar refractivity (Wildman–Crippen MR) is 326 cm³/mol. The van der Waals surface area contributed by atoms with Crippen LogP contribution in [-0.4, -0.2) is 37.2 Å². The molecule has 0 aliphatic carbocycles. The standard InChI is InChI=1S/C69H134O6/c1-4-7-10-13-15-17-19-21-23-25-27-28-29-30-31-32-33-34-35-36-37-38-39-40-42-43-45-47-49-51-53-56-59-62-68(71)74-65-66(64-73-67(70)61-58-55-12-9-6-3)75-69(72)63-60-57-54-52-50-48-46-44-41-26-24-22-20-18-16-14-11-8-5-2/h66H,4-65H2,1-3H3. The Hall–Kier alpha value is -1.59. The van der Waals surface area contributed by atoms with Gasteiger partial charge in [0.15, 0.2) is 6.10 Å². The van der Waals surface area contributed by atoms with E-state index >= 15 is 0 Å². The average Bonchev–Trinajstić information content (AvgIpc) is 3.41. The van der Waals surface area contributed by atoms with E-state index in [2.05, 4.69) is 20.8 Å². The van der Waals surface area contributed by atoms with Crippen molar-refractivity contribution in [3.63, 3.8) is 0 Å². The van der Waals surface area contributed by atoms with Crippen molar-refractivity contribution in [1.82, 2.24) is 0 Å². The highest BCUT2D eigenvalue weighted by atomic mass is 16.6. The highest BCUT2D eigenvalue weighted by molar-refractivity contribution is 5.71. The molecule has 0 amide bonds. The van der Waals surface area contributed by atoms with Crippen LogP contribution in [0.3, 0.4) is 0 Å². The molecule has 0 aliphatic heterocycles. The Morgan fingerprint density at radius 3 is 0.533 bits per heavy atom. The predicted octanol–water partition coefficient (Wildman–Crippen LogP) is 23.5. The maximum absolute atomic E-state index is 12.8. The molecule has 0 aromatic carbocycles. The molecule has 0 aliphatic rings. The Balaban J connectivity index is 3.84. The third-order valence-electron chi connectivity index (χ3n) is 16.1. The Morgan fingerprint density at radius 1 is 0.213 bits per heavy atom. The van der Waals surface area contributed by atoms with E-state index in [1.165, 1.54) is 302 Å². The quantitative estimate of drug-likeness (QED) is 0.0343. The number of carbonyl (C=O) groups is 3. The number of esters is 3. The molecule has 0 aromatic rings. The van der Waals surface area contributed by atoms with Gasteiger partial charge in [0.1, 0.15) is 13.2 Å². The third kappa shape index (κ3) is 63.1. The van der Waals surface area contributed by atoms with Crippen LogP contribution in [0.4, 0.5) is 0 Å². The minimum absolute atomic E-state index is 0.0623. The fourth-order valence-electron chi connectivity index (χ4n) is 10.9. The molecule has 0 saturated carbocycles. The Kier molecular flexibility index (Phi) is 63.6. The van der Waals surface area contributed by atoms with Gasteiger partial charge in [-0.25, -0.2) is 0 Å². The summed E-state index contributed by atoms with van der Waals surface area (Å²) in [6.45, 7) is 6.64. The first-order valence-electron chi connectivity index (χ1n) is 34.5. The maximum atomic E-state index is 12.8. The van der Waals surface area contributed by atoms with Crippen molar-refractivity contribution in [2.24, 2.45) is 0 Å². The first-order valence-corrected chi connectivity index (χ1v) is 34.5. The summed E-state index contributed by atoms with van der Waals surface area (Å²) in [4.78, 5) is 37.9. The zero-order valence-electron chi connectivity index (χ0n) is 51.4. The van der Waals surface area contributed by atoms with E-state index in [-0.39, 0.29) is 31.1 Å². The molecule has 1 atom stereocenters. The third-order valence-corrected chi connectivity index (χ3v) is 16.1. The van der Waals surface area contributed by atoms with Crippen LogP contribution in [0.15, 0.2) is 0 Å². The zero-order valence-corrected chi connectivity index (χ0v) is 51.4. The number of ether oxygens (including phenoxy) is 3. The average molecular weight is 1060 g/mol. The molecular weight excluding hydrogens is 925 g/mol. The summed E-state index contributed by atoms with van der Waals surface area (Å²) in [5.41, 5.74) is 0. The summed E-state index contributed by atoms with van der Waals surface area (Å²) >= 11 is 0. The topological polar surface area (TPSA) is 78.9 Å². The van der Waals surface area contributed by atoms with E-state index in [1.807, 2.05) is 0 Å². The van der Waals surface area contributed by atoms with Gasteiger partial charge in [-0.3, -0.25) is 14.4 Å².